The van der Waals surface area contributed by atoms with Crippen LogP contribution in [0.4, 0.5) is 4.39 Å². The van der Waals surface area contributed by atoms with Crippen molar-refractivity contribution in [3.8, 4) is 11.3 Å². The highest BCUT2D eigenvalue weighted by Crippen LogP contribution is 2.33. The quantitative estimate of drug-likeness (QED) is 0.839. The second kappa shape index (κ2) is 4.90. The molecule has 0 fully saturated rings. The molecule has 0 spiro atoms. The molecule has 6 heteroatoms. The molecule has 0 aliphatic carbocycles. The molecule has 1 aromatic heterocycles. The van der Waals surface area contributed by atoms with Gasteiger partial charge < -0.3 is 5.73 Å². The van der Waals surface area contributed by atoms with Crippen LogP contribution < -0.4 is 5.73 Å². The van der Waals surface area contributed by atoms with Crippen molar-refractivity contribution < 1.29 is 4.39 Å². The molecule has 0 bridgehead atoms. The molecular formula is C11H9Cl2FN2S. The predicted octanol–water partition coefficient (Wildman–Crippen LogP) is 4.28. The number of nitrogens with zero attached hydrogens (tertiary/aromatic N) is 1. The van der Waals surface area contributed by atoms with E-state index >= 15 is 0 Å². The van der Waals surface area contributed by atoms with Crippen molar-refractivity contribution in [2.24, 2.45) is 5.73 Å². The molecule has 2 rings (SSSR count). The zero-order valence-corrected chi connectivity index (χ0v) is 11.2. The fourth-order valence-electron chi connectivity index (χ4n) is 1.34. The van der Waals surface area contributed by atoms with Crippen LogP contribution in [0.25, 0.3) is 11.3 Å². The van der Waals surface area contributed by atoms with Crippen molar-refractivity contribution in [2.75, 3.05) is 0 Å². The minimum atomic E-state index is -0.513. The first-order valence-electron chi connectivity index (χ1n) is 4.85. The lowest BCUT2D eigenvalue weighted by Crippen LogP contribution is -2.03. The average Bonchev–Trinajstić information content (AvgIpc) is 2.72. The van der Waals surface area contributed by atoms with E-state index in [1.807, 2.05) is 6.92 Å². The standard InChI is InChI=1S/C11H9Cl2FN2S/c1-5(15)11-16-10(4-17-11)6-2-9(14)8(13)3-7(6)12/h2-5H,15H2,1H3. The van der Waals surface area contributed by atoms with E-state index in [2.05, 4.69) is 4.98 Å². The Balaban J connectivity index is 2.49. The van der Waals surface area contributed by atoms with Crippen LogP contribution in [0.3, 0.4) is 0 Å². The third-order valence-electron chi connectivity index (χ3n) is 2.20. The molecule has 2 nitrogen and oxygen atoms in total. The maximum Gasteiger partial charge on any atom is 0.142 e. The molecule has 0 saturated heterocycles. The summed E-state index contributed by atoms with van der Waals surface area (Å²) in [5.74, 6) is -0.513. The van der Waals surface area contributed by atoms with Gasteiger partial charge in [-0.15, -0.1) is 11.3 Å². The minimum Gasteiger partial charge on any atom is -0.322 e. The smallest absolute Gasteiger partial charge is 0.142 e. The van der Waals surface area contributed by atoms with Crippen LogP contribution in [-0.4, -0.2) is 4.98 Å². The minimum absolute atomic E-state index is 0.00129. The van der Waals surface area contributed by atoms with E-state index in [0.29, 0.717) is 16.3 Å². The number of rotatable bonds is 2. The molecule has 1 aromatic carbocycles. The summed E-state index contributed by atoms with van der Waals surface area (Å²) in [6.07, 6.45) is 0. The highest BCUT2D eigenvalue weighted by Gasteiger charge is 2.13. The fraction of sp³-hybridized carbons (Fsp3) is 0.182. The molecule has 0 aliphatic heterocycles. The van der Waals surface area contributed by atoms with E-state index in [-0.39, 0.29) is 11.1 Å². The van der Waals surface area contributed by atoms with Gasteiger partial charge >= 0.3 is 0 Å². The van der Waals surface area contributed by atoms with Gasteiger partial charge in [0.1, 0.15) is 10.8 Å². The normalized spacial score (nSPS) is 12.8. The molecule has 1 atom stereocenters. The van der Waals surface area contributed by atoms with Crippen molar-refractivity contribution in [3.05, 3.63) is 38.4 Å². The molecule has 17 heavy (non-hydrogen) atoms. The predicted molar refractivity (Wildman–Crippen MR) is 70.1 cm³/mol. The van der Waals surface area contributed by atoms with Gasteiger partial charge in [0.15, 0.2) is 0 Å². The highest BCUT2D eigenvalue weighted by molar-refractivity contribution is 7.10. The summed E-state index contributed by atoms with van der Waals surface area (Å²) < 4.78 is 13.4. The first-order valence-corrected chi connectivity index (χ1v) is 6.48. The van der Waals surface area contributed by atoms with Crippen LogP contribution in [0.5, 0.6) is 0 Å². The first-order chi connectivity index (χ1) is 7.99. The van der Waals surface area contributed by atoms with Crippen LogP contribution in [0, 0.1) is 5.82 Å². The molecular weight excluding hydrogens is 282 g/mol. The van der Waals surface area contributed by atoms with Crippen molar-refractivity contribution in [1.82, 2.24) is 4.98 Å². The van der Waals surface area contributed by atoms with Crippen molar-refractivity contribution in [3.63, 3.8) is 0 Å². The van der Waals surface area contributed by atoms with E-state index in [0.717, 1.165) is 5.01 Å². The van der Waals surface area contributed by atoms with Crippen molar-refractivity contribution >= 4 is 34.5 Å². The van der Waals surface area contributed by atoms with Crippen LogP contribution >= 0.6 is 34.5 Å². The van der Waals surface area contributed by atoms with Gasteiger partial charge in [-0.05, 0) is 19.1 Å². The van der Waals surface area contributed by atoms with Gasteiger partial charge in [-0.1, -0.05) is 23.2 Å². The molecule has 0 aliphatic rings. The number of thiazole rings is 1. The van der Waals surface area contributed by atoms with Crippen LogP contribution in [0.15, 0.2) is 17.5 Å². The Hall–Kier alpha value is -0.680. The monoisotopic (exact) mass is 290 g/mol. The third kappa shape index (κ3) is 2.60. The van der Waals surface area contributed by atoms with Gasteiger partial charge in [-0.3, -0.25) is 0 Å². The number of nitrogens with two attached hydrogens (primary N) is 1. The van der Waals surface area contributed by atoms with E-state index in [1.54, 1.807) is 5.38 Å². The van der Waals surface area contributed by atoms with Crippen LogP contribution in [0.1, 0.15) is 18.0 Å². The van der Waals surface area contributed by atoms with Crippen LogP contribution in [-0.2, 0) is 0 Å². The largest absolute Gasteiger partial charge is 0.322 e. The van der Waals surface area contributed by atoms with Gasteiger partial charge in [0.25, 0.3) is 0 Å². The second-order valence-electron chi connectivity index (χ2n) is 3.61. The maximum absolute atomic E-state index is 13.4. The Bertz CT molecular complexity index is 554. The third-order valence-corrected chi connectivity index (χ3v) is 3.85. The van der Waals surface area contributed by atoms with Crippen molar-refractivity contribution in [2.45, 2.75) is 13.0 Å². The molecule has 1 heterocycles. The summed E-state index contributed by atoms with van der Waals surface area (Å²) >= 11 is 13.1. The van der Waals surface area contributed by atoms with Gasteiger partial charge in [0, 0.05) is 10.9 Å². The SMILES string of the molecule is CC(N)c1nc(-c2cc(F)c(Cl)cc2Cl)cs1. The van der Waals surface area contributed by atoms with E-state index in [4.69, 9.17) is 28.9 Å². The zero-order valence-electron chi connectivity index (χ0n) is 8.88. The molecule has 90 valence electrons. The summed E-state index contributed by atoms with van der Waals surface area (Å²) in [4.78, 5) is 4.31. The van der Waals surface area contributed by atoms with Crippen LogP contribution in [0.2, 0.25) is 10.0 Å². The number of halogens is 3. The Morgan fingerprint density at radius 1 is 1.35 bits per heavy atom. The van der Waals surface area contributed by atoms with Gasteiger partial charge in [-0.2, -0.15) is 0 Å². The number of hydrogen-bond donors (Lipinski definition) is 1. The lowest BCUT2D eigenvalue weighted by molar-refractivity contribution is 0.628. The number of hydrogen-bond acceptors (Lipinski definition) is 3. The fourth-order valence-corrected chi connectivity index (χ4v) is 2.60. The second-order valence-corrected chi connectivity index (χ2v) is 5.31. The average molecular weight is 291 g/mol. The molecule has 1 unspecified atom stereocenters. The summed E-state index contributed by atoms with van der Waals surface area (Å²) in [7, 11) is 0. The topological polar surface area (TPSA) is 38.9 Å². The lowest BCUT2D eigenvalue weighted by atomic mass is 10.1. The molecule has 0 radical (unpaired) electrons. The van der Waals surface area contributed by atoms with Gasteiger partial charge in [-0.25, -0.2) is 9.37 Å². The molecule has 2 aromatic rings. The van der Waals surface area contributed by atoms with Gasteiger partial charge in [0.2, 0.25) is 0 Å². The maximum atomic E-state index is 13.4. The summed E-state index contributed by atoms with van der Waals surface area (Å²) in [6, 6.07) is 2.51. The molecule has 2 N–H and O–H groups in total. The van der Waals surface area contributed by atoms with E-state index in [1.165, 1.54) is 23.5 Å². The summed E-state index contributed by atoms with van der Waals surface area (Å²) in [5, 5.41) is 2.96. The highest BCUT2D eigenvalue weighted by atomic mass is 35.5. The Morgan fingerprint density at radius 2 is 2.06 bits per heavy atom. The Kier molecular flexibility index (Phi) is 3.68. The molecule has 0 amide bonds. The molecule has 0 saturated carbocycles. The number of benzene rings is 1. The summed E-state index contributed by atoms with van der Waals surface area (Å²) in [6.45, 7) is 1.84. The zero-order chi connectivity index (χ0) is 12.6. The van der Waals surface area contributed by atoms with E-state index in [9.17, 15) is 4.39 Å². The number of aromatic nitrogens is 1. The van der Waals surface area contributed by atoms with E-state index < -0.39 is 5.82 Å². The van der Waals surface area contributed by atoms with Crippen molar-refractivity contribution in [1.29, 1.82) is 0 Å². The van der Waals surface area contributed by atoms with Gasteiger partial charge in [0.05, 0.1) is 21.8 Å². The Labute approximate surface area is 112 Å². The Morgan fingerprint density at radius 3 is 2.65 bits per heavy atom. The summed E-state index contributed by atoms with van der Waals surface area (Å²) in [5.41, 5.74) is 6.86. The lowest BCUT2D eigenvalue weighted by Gasteiger charge is -2.03. The first kappa shape index (κ1) is 12.8.